The maximum absolute atomic E-state index is 2.76. The summed E-state index contributed by atoms with van der Waals surface area (Å²) >= 11 is 0. The van der Waals surface area contributed by atoms with Gasteiger partial charge >= 0.3 is 0 Å². The fourth-order valence-electron chi connectivity index (χ4n) is 4.48. The van der Waals surface area contributed by atoms with Gasteiger partial charge in [0.2, 0.25) is 0 Å². The minimum Gasteiger partial charge on any atom is -0.341 e. The molecule has 0 spiro atoms. The summed E-state index contributed by atoms with van der Waals surface area (Å²) in [4.78, 5) is 1.78. The fourth-order valence-corrected chi connectivity index (χ4v) is 4.48. The Bertz CT molecular complexity index is 415. The first-order valence-corrected chi connectivity index (χ1v) is 9.56. The molecule has 2 nitrogen and oxygen atoms in total. The molecule has 1 saturated carbocycles. The molecule has 22 heavy (non-hydrogen) atoms. The van der Waals surface area contributed by atoms with Crippen molar-refractivity contribution in [3.8, 4) is 0 Å². The average Bonchev–Trinajstić information content (AvgIpc) is 2.58. The predicted molar refractivity (Wildman–Crippen MR) is 91.8 cm³/mol. The van der Waals surface area contributed by atoms with Crippen LogP contribution in [0.2, 0.25) is 0 Å². The molecule has 1 aliphatic carbocycles. The maximum Gasteiger partial charge on any atom is 0.103 e. The van der Waals surface area contributed by atoms with E-state index >= 15 is 0 Å². The van der Waals surface area contributed by atoms with E-state index in [-0.39, 0.29) is 0 Å². The minimum absolute atomic E-state index is 0.905. The lowest BCUT2D eigenvalue weighted by atomic mass is 9.84. The minimum atomic E-state index is 0.905. The van der Waals surface area contributed by atoms with Crippen LogP contribution in [0.5, 0.6) is 0 Å². The van der Waals surface area contributed by atoms with E-state index in [1.165, 1.54) is 70.1 Å². The van der Waals surface area contributed by atoms with Gasteiger partial charge in [0.25, 0.3) is 0 Å². The normalized spacial score (nSPS) is 32.8. The maximum atomic E-state index is 2.76. The summed E-state index contributed by atoms with van der Waals surface area (Å²) in [5, 5.41) is 2.76. The van der Waals surface area contributed by atoms with Gasteiger partial charge in [-0.2, -0.15) is 0 Å². The van der Waals surface area contributed by atoms with Gasteiger partial charge in [0.15, 0.2) is 0 Å². The van der Waals surface area contributed by atoms with Crippen LogP contribution < -0.4 is 10.2 Å². The third-order valence-corrected chi connectivity index (χ3v) is 6.05. The summed E-state index contributed by atoms with van der Waals surface area (Å²) < 4.78 is 0. The number of hydrogen-bond donors (Lipinski definition) is 2. The van der Waals surface area contributed by atoms with Gasteiger partial charge in [-0.3, -0.25) is 0 Å². The lowest BCUT2D eigenvalue weighted by molar-refractivity contribution is -0.927. The SMILES string of the molecule is CCC1CCC([NH2+]C2CC[NH+](Cc3ccccc3)CC2)CC1. The third kappa shape index (κ3) is 4.57. The van der Waals surface area contributed by atoms with Crippen molar-refractivity contribution in [3.05, 3.63) is 35.9 Å². The van der Waals surface area contributed by atoms with Crippen molar-refractivity contribution in [3.63, 3.8) is 0 Å². The van der Waals surface area contributed by atoms with Crippen LogP contribution in [0, 0.1) is 5.92 Å². The van der Waals surface area contributed by atoms with Crippen molar-refractivity contribution >= 4 is 0 Å². The number of piperidine rings is 1. The largest absolute Gasteiger partial charge is 0.341 e. The van der Waals surface area contributed by atoms with E-state index in [0.29, 0.717) is 0 Å². The molecule has 3 rings (SSSR count). The molecule has 0 aromatic heterocycles. The highest BCUT2D eigenvalue weighted by atomic mass is 15.1. The molecule has 0 unspecified atom stereocenters. The van der Waals surface area contributed by atoms with Crippen LogP contribution in [-0.2, 0) is 6.54 Å². The molecule has 0 radical (unpaired) electrons. The van der Waals surface area contributed by atoms with Gasteiger partial charge in [-0.25, -0.2) is 0 Å². The first-order chi connectivity index (χ1) is 10.8. The van der Waals surface area contributed by atoms with Crippen molar-refractivity contribution in [2.45, 2.75) is 70.5 Å². The summed E-state index contributed by atoms with van der Waals surface area (Å²) in [6, 6.07) is 12.8. The van der Waals surface area contributed by atoms with Crippen LogP contribution in [0.3, 0.4) is 0 Å². The summed E-state index contributed by atoms with van der Waals surface area (Å²) in [5.74, 6) is 1.03. The molecule has 0 bridgehead atoms. The highest BCUT2D eigenvalue weighted by Crippen LogP contribution is 2.25. The summed E-state index contributed by atoms with van der Waals surface area (Å²) in [6.45, 7) is 6.30. The topological polar surface area (TPSA) is 21.1 Å². The Morgan fingerprint density at radius 2 is 1.55 bits per heavy atom. The predicted octanol–water partition coefficient (Wildman–Crippen LogP) is 1.77. The Morgan fingerprint density at radius 1 is 0.909 bits per heavy atom. The lowest BCUT2D eigenvalue weighted by Gasteiger charge is -2.32. The van der Waals surface area contributed by atoms with Crippen LogP contribution >= 0.6 is 0 Å². The van der Waals surface area contributed by atoms with E-state index in [1.807, 2.05) is 0 Å². The standard InChI is InChI=1S/C20H32N2/c1-2-17-8-10-19(11-9-17)21-20-12-14-22(15-13-20)16-18-6-4-3-5-7-18/h3-7,17,19-21H,2,8-16H2,1H3/p+2. The molecule has 122 valence electrons. The molecule has 2 aliphatic rings. The number of nitrogens with two attached hydrogens (primary N) is 1. The molecule has 1 aromatic carbocycles. The molecule has 1 heterocycles. The van der Waals surface area contributed by atoms with Gasteiger partial charge in [0.1, 0.15) is 6.54 Å². The van der Waals surface area contributed by atoms with E-state index in [2.05, 4.69) is 42.6 Å². The highest BCUT2D eigenvalue weighted by Gasteiger charge is 2.29. The summed E-state index contributed by atoms with van der Waals surface area (Å²) in [7, 11) is 0. The van der Waals surface area contributed by atoms with Crippen LogP contribution in [-0.4, -0.2) is 25.2 Å². The number of likely N-dealkylation sites (tertiary alicyclic amines) is 1. The Labute approximate surface area is 136 Å². The van der Waals surface area contributed by atoms with E-state index in [9.17, 15) is 0 Å². The zero-order valence-electron chi connectivity index (χ0n) is 14.3. The van der Waals surface area contributed by atoms with Crippen LogP contribution in [0.4, 0.5) is 0 Å². The molecule has 1 aromatic rings. The molecule has 1 aliphatic heterocycles. The quantitative estimate of drug-likeness (QED) is 0.827. The molecule has 3 N–H and O–H groups in total. The first-order valence-electron chi connectivity index (χ1n) is 9.56. The van der Waals surface area contributed by atoms with Crippen LogP contribution in [0.15, 0.2) is 30.3 Å². The monoisotopic (exact) mass is 302 g/mol. The smallest absolute Gasteiger partial charge is 0.103 e. The molecule has 0 atom stereocenters. The Morgan fingerprint density at radius 3 is 2.18 bits per heavy atom. The van der Waals surface area contributed by atoms with E-state index < -0.39 is 0 Å². The number of nitrogens with one attached hydrogen (secondary N) is 1. The van der Waals surface area contributed by atoms with Crippen molar-refractivity contribution < 1.29 is 10.2 Å². The second-order valence-corrected chi connectivity index (χ2v) is 7.63. The van der Waals surface area contributed by atoms with Crippen molar-refractivity contribution in [2.24, 2.45) is 5.92 Å². The van der Waals surface area contributed by atoms with Gasteiger partial charge in [-0.1, -0.05) is 43.7 Å². The molecular weight excluding hydrogens is 268 g/mol. The summed E-state index contributed by atoms with van der Waals surface area (Å²) in [6.07, 6.45) is 10.1. The molecule has 2 heteroatoms. The highest BCUT2D eigenvalue weighted by molar-refractivity contribution is 5.13. The molecule has 1 saturated heterocycles. The van der Waals surface area contributed by atoms with Crippen LogP contribution in [0.25, 0.3) is 0 Å². The molecule has 2 fully saturated rings. The Hall–Kier alpha value is -0.860. The third-order valence-electron chi connectivity index (χ3n) is 6.05. The van der Waals surface area contributed by atoms with Gasteiger partial charge in [0.05, 0.1) is 25.2 Å². The fraction of sp³-hybridized carbons (Fsp3) is 0.700. The number of hydrogen-bond acceptors (Lipinski definition) is 0. The second-order valence-electron chi connectivity index (χ2n) is 7.63. The zero-order valence-corrected chi connectivity index (χ0v) is 14.3. The Kier molecular flexibility index (Phi) is 5.91. The average molecular weight is 303 g/mol. The zero-order chi connectivity index (χ0) is 15.2. The van der Waals surface area contributed by atoms with Crippen LogP contribution in [0.1, 0.15) is 57.4 Å². The van der Waals surface area contributed by atoms with E-state index in [1.54, 1.807) is 4.90 Å². The molecular formula is C20H34N2+2. The van der Waals surface area contributed by atoms with Crippen molar-refractivity contribution in [1.29, 1.82) is 0 Å². The number of quaternary nitrogens is 2. The van der Waals surface area contributed by atoms with Crippen molar-refractivity contribution in [2.75, 3.05) is 13.1 Å². The van der Waals surface area contributed by atoms with Gasteiger partial charge < -0.3 is 10.2 Å². The van der Waals surface area contributed by atoms with Gasteiger partial charge in [0, 0.05) is 18.4 Å². The van der Waals surface area contributed by atoms with Gasteiger partial charge in [-0.15, -0.1) is 0 Å². The summed E-state index contributed by atoms with van der Waals surface area (Å²) in [5.41, 5.74) is 1.50. The Balaban J connectivity index is 1.37. The number of rotatable bonds is 5. The first kappa shape index (κ1) is 16.0. The molecule has 0 amide bonds. The van der Waals surface area contributed by atoms with Gasteiger partial charge in [-0.05, 0) is 31.6 Å². The number of benzene rings is 1. The second kappa shape index (κ2) is 8.12. The van der Waals surface area contributed by atoms with Crippen molar-refractivity contribution in [1.82, 2.24) is 0 Å². The lowest BCUT2D eigenvalue weighted by Crippen LogP contribution is -3.14. The van der Waals surface area contributed by atoms with E-state index in [4.69, 9.17) is 0 Å². The van der Waals surface area contributed by atoms with E-state index in [0.717, 1.165) is 18.0 Å².